The molecule has 0 atom stereocenters. The van der Waals surface area contributed by atoms with Crippen molar-refractivity contribution in [2.75, 3.05) is 18.4 Å². The van der Waals surface area contributed by atoms with Crippen LogP contribution in [0.4, 0.5) is 5.13 Å². The van der Waals surface area contributed by atoms with Gasteiger partial charge in [0.2, 0.25) is 5.91 Å². The third-order valence-corrected chi connectivity index (χ3v) is 6.04. The number of benzene rings is 1. The highest BCUT2D eigenvalue weighted by molar-refractivity contribution is 7.15. The maximum atomic E-state index is 12.3. The van der Waals surface area contributed by atoms with E-state index in [9.17, 15) is 4.79 Å². The van der Waals surface area contributed by atoms with Gasteiger partial charge >= 0.3 is 0 Å². The van der Waals surface area contributed by atoms with Gasteiger partial charge in [-0.05, 0) is 38.8 Å². The van der Waals surface area contributed by atoms with Crippen LogP contribution in [0.3, 0.4) is 0 Å². The second-order valence-corrected chi connectivity index (χ2v) is 8.19. The molecular formula is C21H25ClN4O2S. The third-order valence-electron chi connectivity index (χ3n) is 4.97. The van der Waals surface area contributed by atoms with E-state index in [0.29, 0.717) is 29.8 Å². The molecule has 1 amide bonds. The molecule has 0 radical (unpaired) electrons. The van der Waals surface area contributed by atoms with Gasteiger partial charge in [-0.25, -0.2) is 9.97 Å². The lowest BCUT2D eigenvalue weighted by atomic mass is 9.97. The summed E-state index contributed by atoms with van der Waals surface area (Å²) in [4.78, 5) is 22.2. The maximum Gasteiger partial charge on any atom is 0.226 e. The normalized spacial score (nSPS) is 14.4. The van der Waals surface area contributed by atoms with Gasteiger partial charge in [-0.3, -0.25) is 4.79 Å². The van der Waals surface area contributed by atoms with Crippen LogP contribution >= 0.6 is 23.7 Å². The van der Waals surface area contributed by atoms with E-state index < -0.39 is 0 Å². The summed E-state index contributed by atoms with van der Waals surface area (Å²) in [5.74, 6) is 1.78. The second-order valence-electron chi connectivity index (χ2n) is 7.12. The third kappa shape index (κ3) is 5.65. The van der Waals surface area contributed by atoms with Crippen LogP contribution in [-0.2, 0) is 11.2 Å². The number of carbonyl (C=O) groups is 1. The average Bonchev–Trinajstić information content (AvgIpc) is 3.37. The predicted octanol–water partition coefficient (Wildman–Crippen LogP) is 4.57. The van der Waals surface area contributed by atoms with E-state index in [2.05, 4.69) is 20.6 Å². The molecule has 0 unspecified atom stereocenters. The molecule has 2 N–H and O–H groups in total. The molecule has 8 heteroatoms. The number of hydrogen-bond donors (Lipinski definition) is 2. The molecule has 1 aromatic carbocycles. The van der Waals surface area contributed by atoms with Crippen LogP contribution in [0.1, 0.15) is 41.5 Å². The minimum Gasteiger partial charge on any atom is -0.441 e. The van der Waals surface area contributed by atoms with E-state index in [-0.39, 0.29) is 18.3 Å². The fourth-order valence-electron chi connectivity index (χ4n) is 3.32. The smallest absolute Gasteiger partial charge is 0.226 e. The van der Waals surface area contributed by atoms with Gasteiger partial charge in [0.25, 0.3) is 0 Å². The van der Waals surface area contributed by atoms with Crippen LogP contribution in [0.2, 0.25) is 0 Å². The Morgan fingerprint density at radius 3 is 2.72 bits per heavy atom. The van der Waals surface area contributed by atoms with E-state index in [4.69, 9.17) is 4.42 Å². The number of aryl methyl sites for hydroxylation is 2. The molecule has 4 rings (SSSR count). The van der Waals surface area contributed by atoms with Crippen molar-refractivity contribution in [3.63, 3.8) is 0 Å². The zero-order valence-electron chi connectivity index (χ0n) is 16.3. The van der Waals surface area contributed by atoms with Gasteiger partial charge in [0.05, 0.1) is 6.20 Å². The van der Waals surface area contributed by atoms with Gasteiger partial charge in [0.1, 0.15) is 0 Å². The van der Waals surface area contributed by atoms with Gasteiger partial charge in [-0.2, -0.15) is 0 Å². The summed E-state index contributed by atoms with van der Waals surface area (Å²) in [6.45, 7) is 4.14. The number of hydrogen-bond acceptors (Lipinski definition) is 6. The van der Waals surface area contributed by atoms with Crippen molar-refractivity contribution in [3.8, 4) is 11.3 Å². The fraction of sp³-hybridized carbons (Fsp3) is 0.381. The highest BCUT2D eigenvalue weighted by Crippen LogP contribution is 2.31. The number of thiazole rings is 1. The molecule has 3 heterocycles. The van der Waals surface area contributed by atoms with Gasteiger partial charge in [0, 0.05) is 29.5 Å². The summed E-state index contributed by atoms with van der Waals surface area (Å²) in [7, 11) is 0. The Bertz CT molecular complexity index is 932. The number of nitrogens with one attached hydrogen (secondary N) is 2. The molecule has 1 fully saturated rings. The molecule has 1 aliphatic heterocycles. The SMILES string of the molecule is Cc1ccc(-c2cnc(CCC(=O)Nc3ncc(C4CCNCC4)s3)o2)cc1.Cl. The molecule has 0 aliphatic carbocycles. The number of piperidine rings is 1. The highest BCUT2D eigenvalue weighted by Gasteiger charge is 2.18. The molecule has 3 aromatic rings. The van der Waals surface area contributed by atoms with E-state index in [1.807, 2.05) is 37.4 Å². The van der Waals surface area contributed by atoms with E-state index in [0.717, 1.165) is 37.3 Å². The van der Waals surface area contributed by atoms with Gasteiger partial charge < -0.3 is 15.1 Å². The molecular weight excluding hydrogens is 408 g/mol. The Balaban J connectivity index is 0.00000240. The van der Waals surface area contributed by atoms with Crippen molar-refractivity contribution in [1.82, 2.24) is 15.3 Å². The largest absolute Gasteiger partial charge is 0.441 e. The fourth-order valence-corrected chi connectivity index (χ4v) is 4.32. The van der Waals surface area contributed by atoms with Crippen molar-refractivity contribution in [1.29, 1.82) is 0 Å². The zero-order valence-corrected chi connectivity index (χ0v) is 17.9. The minimum absolute atomic E-state index is 0. The Morgan fingerprint density at radius 1 is 1.21 bits per heavy atom. The molecule has 1 saturated heterocycles. The zero-order chi connectivity index (χ0) is 19.3. The molecule has 6 nitrogen and oxygen atoms in total. The molecule has 154 valence electrons. The Hall–Kier alpha value is -2.22. The van der Waals surface area contributed by atoms with Crippen molar-refractivity contribution in [2.24, 2.45) is 0 Å². The lowest BCUT2D eigenvalue weighted by molar-refractivity contribution is -0.116. The number of anilines is 1. The monoisotopic (exact) mass is 432 g/mol. The second kappa shape index (κ2) is 10.0. The van der Waals surface area contributed by atoms with Gasteiger partial charge in [0.15, 0.2) is 16.8 Å². The first-order chi connectivity index (χ1) is 13.7. The first-order valence-electron chi connectivity index (χ1n) is 9.65. The molecule has 0 saturated carbocycles. The summed E-state index contributed by atoms with van der Waals surface area (Å²) in [6.07, 6.45) is 6.65. The molecule has 0 bridgehead atoms. The van der Waals surface area contributed by atoms with Gasteiger partial charge in [-0.1, -0.05) is 29.8 Å². The minimum atomic E-state index is -0.0682. The van der Waals surface area contributed by atoms with E-state index in [1.165, 1.54) is 10.4 Å². The summed E-state index contributed by atoms with van der Waals surface area (Å²) >= 11 is 1.58. The van der Waals surface area contributed by atoms with Gasteiger partial charge in [-0.15, -0.1) is 23.7 Å². The number of oxazole rings is 1. The number of aromatic nitrogens is 2. The van der Waals surface area contributed by atoms with Crippen LogP contribution in [0.15, 0.2) is 41.1 Å². The van der Waals surface area contributed by atoms with Crippen LogP contribution in [0.5, 0.6) is 0 Å². The van der Waals surface area contributed by atoms with Crippen molar-refractivity contribution < 1.29 is 9.21 Å². The first-order valence-corrected chi connectivity index (χ1v) is 10.5. The lowest BCUT2D eigenvalue weighted by Gasteiger charge is -2.20. The molecule has 0 spiro atoms. The standard InChI is InChI=1S/C21H24N4O2S.ClH/c1-14-2-4-15(5-3-14)17-12-23-20(27-17)7-6-19(26)25-21-24-13-18(28-21)16-8-10-22-11-9-16;/h2-5,12-13,16,22H,6-11H2,1H3,(H,24,25,26);1H. The molecule has 2 aromatic heterocycles. The summed E-state index contributed by atoms with van der Waals surface area (Å²) in [6, 6.07) is 8.09. The average molecular weight is 433 g/mol. The van der Waals surface area contributed by atoms with Crippen molar-refractivity contribution in [3.05, 3.63) is 53.0 Å². The summed E-state index contributed by atoms with van der Waals surface area (Å²) in [5.41, 5.74) is 2.19. The van der Waals surface area contributed by atoms with E-state index >= 15 is 0 Å². The van der Waals surface area contributed by atoms with Crippen LogP contribution in [-0.4, -0.2) is 29.0 Å². The van der Waals surface area contributed by atoms with Crippen LogP contribution in [0.25, 0.3) is 11.3 Å². The predicted molar refractivity (Wildman–Crippen MR) is 118 cm³/mol. The van der Waals surface area contributed by atoms with Crippen molar-refractivity contribution >= 4 is 34.8 Å². The van der Waals surface area contributed by atoms with E-state index in [1.54, 1.807) is 17.5 Å². The van der Waals surface area contributed by atoms with Crippen LogP contribution in [0, 0.1) is 6.92 Å². The number of rotatable bonds is 6. The number of carbonyl (C=O) groups excluding carboxylic acids is 1. The summed E-state index contributed by atoms with van der Waals surface area (Å²) in [5, 5.41) is 6.94. The lowest BCUT2D eigenvalue weighted by Crippen LogP contribution is -2.26. The molecule has 1 aliphatic rings. The quantitative estimate of drug-likeness (QED) is 0.596. The molecule has 29 heavy (non-hydrogen) atoms. The van der Waals surface area contributed by atoms with Crippen molar-refractivity contribution in [2.45, 2.75) is 38.5 Å². The maximum absolute atomic E-state index is 12.3. The Morgan fingerprint density at radius 2 is 1.97 bits per heavy atom. The summed E-state index contributed by atoms with van der Waals surface area (Å²) < 4.78 is 5.78. The topological polar surface area (TPSA) is 80.0 Å². The first kappa shape index (κ1) is 21.5. The Labute approximate surface area is 180 Å². The number of amides is 1. The number of nitrogens with zero attached hydrogens (tertiary/aromatic N) is 2. The highest BCUT2D eigenvalue weighted by atomic mass is 35.5. The Kier molecular flexibility index (Phi) is 7.41. The van der Waals surface area contributed by atoms with Crippen LogP contribution < -0.4 is 10.6 Å². The number of halogens is 1.